The van der Waals surface area contributed by atoms with Crippen molar-refractivity contribution in [1.82, 2.24) is 0 Å². The Kier molecular flexibility index (Phi) is 6.32. The zero-order valence-corrected chi connectivity index (χ0v) is 13.0. The molecule has 0 heterocycles. The lowest BCUT2D eigenvalue weighted by Gasteiger charge is -2.06. The third-order valence-electron chi connectivity index (χ3n) is 2.19. The number of nitrogens with zero attached hydrogens (tertiary/aromatic N) is 1. The maximum absolute atomic E-state index is 12.1. The van der Waals surface area contributed by atoms with Crippen molar-refractivity contribution < 1.29 is 8.42 Å². The summed E-state index contributed by atoms with van der Waals surface area (Å²) in [6.45, 7) is 4.08. The van der Waals surface area contributed by atoms with Gasteiger partial charge in [0.25, 0.3) is 10.0 Å². The largest absolute Gasteiger partial charge is 0.287 e. The van der Waals surface area contributed by atoms with Crippen LogP contribution in [-0.4, -0.2) is 19.9 Å². The molecular formula is C12H18ClNO2S2. The highest BCUT2D eigenvalue weighted by Gasteiger charge is 2.13. The molecule has 0 saturated carbocycles. The second-order valence-corrected chi connectivity index (χ2v) is 8.07. The van der Waals surface area contributed by atoms with E-state index in [-0.39, 0.29) is 4.90 Å². The van der Waals surface area contributed by atoms with Gasteiger partial charge in [-0.2, -0.15) is 8.42 Å². The van der Waals surface area contributed by atoms with E-state index >= 15 is 0 Å². The third kappa shape index (κ3) is 4.71. The Bertz CT molecular complexity index is 501. The topological polar surface area (TPSA) is 46.5 Å². The van der Waals surface area contributed by atoms with Gasteiger partial charge in [-0.1, -0.05) is 36.1 Å². The van der Waals surface area contributed by atoms with Gasteiger partial charge in [-0.25, -0.2) is 0 Å². The van der Waals surface area contributed by atoms with Crippen molar-refractivity contribution in [1.29, 1.82) is 0 Å². The smallest absolute Gasteiger partial charge is 0.199 e. The van der Waals surface area contributed by atoms with Crippen LogP contribution in [0.5, 0.6) is 0 Å². The van der Waals surface area contributed by atoms with Crippen molar-refractivity contribution in [2.24, 2.45) is 3.77 Å². The number of hydrogen-bond donors (Lipinski definition) is 0. The van der Waals surface area contributed by atoms with E-state index in [4.69, 9.17) is 11.6 Å². The van der Waals surface area contributed by atoms with E-state index in [9.17, 15) is 8.42 Å². The van der Waals surface area contributed by atoms with Gasteiger partial charge in [0.1, 0.15) is 0 Å². The zero-order chi connectivity index (χ0) is 13.6. The molecule has 0 aliphatic heterocycles. The first-order valence-electron chi connectivity index (χ1n) is 5.90. The van der Waals surface area contributed by atoms with Crippen LogP contribution in [-0.2, 0) is 20.7 Å². The minimum atomic E-state index is -3.54. The van der Waals surface area contributed by atoms with Crippen molar-refractivity contribution in [3.8, 4) is 0 Å². The van der Waals surface area contributed by atoms with Crippen molar-refractivity contribution in [3.63, 3.8) is 0 Å². The summed E-state index contributed by atoms with van der Waals surface area (Å²) in [7, 11) is -3.94. The summed E-state index contributed by atoms with van der Waals surface area (Å²) in [6.07, 6.45) is 1.89. The summed E-state index contributed by atoms with van der Waals surface area (Å²) < 4.78 is 28.2. The normalized spacial score (nSPS) is 11.8. The van der Waals surface area contributed by atoms with Gasteiger partial charge in [0, 0.05) is 16.5 Å². The van der Waals surface area contributed by atoms with E-state index in [0.717, 1.165) is 24.3 Å². The highest BCUT2D eigenvalue weighted by Crippen LogP contribution is 2.17. The van der Waals surface area contributed by atoms with Crippen LogP contribution in [0.25, 0.3) is 0 Å². The van der Waals surface area contributed by atoms with Crippen molar-refractivity contribution in [2.75, 3.05) is 11.5 Å². The van der Waals surface area contributed by atoms with E-state index in [1.54, 1.807) is 12.1 Å². The molecule has 18 heavy (non-hydrogen) atoms. The molecule has 0 fully saturated rings. The van der Waals surface area contributed by atoms with Gasteiger partial charge in [0.2, 0.25) is 0 Å². The monoisotopic (exact) mass is 307 g/mol. The molecular weight excluding hydrogens is 290 g/mol. The SMILES string of the molecule is CCCS(CCC)=NS(=O)(=O)c1ccc(Cl)cc1. The molecule has 1 aromatic rings. The van der Waals surface area contributed by atoms with Crippen LogP contribution in [0.1, 0.15) is 26.7 Å². The quantitative estimate of drug-likeness (QED) is 0.805. The predicted molar refractivity (Wildman–Crippen MR) is 78.7 cm³/mol. The molecule has 102 valence electrons. The average Bonchev–Trinajstić information content (AvgIpc) is 2.29. The lowest BCUT2D eigenvalue weighted by Crippen LogP contribution is -2.06. The Balaban J connectivity index is 3.04. The first-order chi connectivity index (χ1) is 8.49. The molecule has 0 N–H and O–H groups in total. The minimum absolute atomic E-state index is 0.219. The number of rotatable bonds is 6. The highest BCUT2D eigenvalue weighted by molar-refractivity contribution is 8.00. The summed E-state index contributed by atoms with van der Waals surface area (Å²) in [5.41, 5.74) is 0. The molecule has 1 rings (SSSR count). The molecule has 0 amide bonds. The molecule has 0 aliphatic rings. The first-order valence-corrected chi connectivity index (χ1v) is 9.24. The maximum Gasteiger partial charge on any atom is 0.287 e. The average molecular weight is 308 g/mol. The van der Waals surface area contributed by atoms with Crippen molar-refractivity contribution in [3.05, 3.63) is 29.3 Å². The van der Waals surface area contributed by atoms with Gasteiger partial charge in [-0.05, 0) is 37.1 Å². The van der Waals surface area contributed by atoms with Crippen molar-refractivity contribution in [2.45, 2.75) is 31.6 Å². The van der Waals surface area contributed by atoms with E-state index in [2.05, 4.69) is 3.77 Å². The zero-order valence-electron chi connectivity index (χ0n) is 10.6. The number of halogens is 1. The van der Waals surface area contributed by atoms with Crippen LogP contribution in [0, 0.1) is 0 Å². The third-order valence-corrected chi connectivity index (χ3v) is 6.70. The fourth-order valence-electron chi connectivity index (χ4n) is 1.44. The van der Waals surface area contributed by atoms with Gasteiger partial charge in [0.05, 0.1) is 4.90 Å². The molecule has 0 bridgehead atoms. The molecule has 0 aliphatic carbocycles. The van der Waals surface area contributed by atoms with Gasteiger partial charge >= 0.3 is 0 Å². The summed E-state index contributed by atoms with van der Waals surface area (Å²) >= 11 is 5.74. The van der Waals surface area contributed by atoms with Crippen LogP contribution in [0.2, 0.25) is 5.02 Å². The molecule has 1 aromatic carbocycles. The second-order valence-electron chi connectivity index (χ2n) is 3.87. The van der Waals surface area contributed by atoms with Gasteiger partial charge in [0.15, 0.2) is 0 Å². The summed E-state index contributed by atoms with van der Waals surface area (Å²) in [6, 6.07) is 6.14. The maximum atomic E-state index is 12.1. The number of hydrogen-bond acceptors (Lipinski definition) is 2. The Hall–Kier alpha value is -0.390. The van der Waals surface area contributed by atoms with Crippen LogP contribution in [0.4, 0.5) is 0 Å². The van der Waals surface area contributed by atoms with Crippen molar-refractivity contribution >= 4 is 32.3 Å². The Morgan fingerprint density at radius 2 is 1.61 bits per heavy atom. The molecule has 0 saturated heterocycles. The summed E-state index contributed by atoms with van der Waals surface area (Å²) in [4.78, 5) is 0.219. The second kappa shape index (κ2) is 7.26. The predicted octanol–water partition coefficient (Wildman–Crippen LogP) is 3.65. The first kappa shape index (κ1) is 15.7. The molecule has 3 nitrogen and oxygen atoms in total. The molecule has 0 atom stereocenters. The fourth-order valence-corrected chi connectivity index (χ4v) is 5.24. The molecule has 6 heteroatoms. The molecule has 0 unspecified atom stereocenters. The standard InChI is InChI=1S/C12H18ClNO2S2/c1-3-9-17(10-4-2)14-18(15,16)12-7-5-11(13)6-8-12/h5-8H,3-4,9-10H2,1-2H3. The number of benzene rings is 1. The van der Waals surface area contributed by atoms with E-state index in [0.29, 0.717) is 5.02 Å². The number of sulfonamides is 1. The highest BCUT2D eigenvalue weighted by atomic mass is 35.5. The van der Waals surface area contributed by atoms with Gasteiger partial charge in [-0.3, -0.25) is 0 Å². The summed E-state index contributed by atoms with van der Waals surface area (Å²) in [5.74, 6) is 1.67. The van der Waals surface area contributed by atoms with E-state index in [1.807, 2.05) is 13.8 Å². The minimum Gasteiger partial charge on any atom is -0.199 e. The molecule has 0 aromatic heterocycles. The molecule has 0 spiro atoms. The van der Waals surface area contributed by atoms with E-state index < -0.39 is 20.7 Å². The van der Waals surface area contributed by atoms with Gasteiger partial charge in [-0.15, -0.1) is 3.77 Å². The lowest BCUT2D eigenvalue weighted by molar-refractivity contribution is 0.598. The van der Waals surface area contributed by atoms with Crippen LogP contribution in [0.15, 0.2) is 32.9 Å². The Morgan fingerprint density at radius 3 is 2.06 bits per heavy atom. The Morgan fingerprint density at radius 1 is 1.11 bits per heavy atom. The summed E-state index contributed by atoms with van der Waals surface area (Å²) in [5, 5.41) is 0.523. The van der Waals surface area contributed by atoms with Crippen LogP contribution < -0.4 is 0 Å². The Labute approximate surface area is 117 Å². The van der Waals surface area contributed by atoms with Crippen LogP contribution >= 0.6 is 11.6 Å². The molecule has 0 radical (unpaired) electrons. The fraction of sp³-hybridized carbons (Fsp3) is 0.500. The van der Waals surface area contributed by atoms with E-state index in [1.165, 1.54) is 12.1 Å². The van der Waals surface area contributed by atoms with Gasteiger partial charge < -0.3 is 0 Å². The van der Waals surface area contributed by atoms with Crippen LogP contribution in [0.3, 0.4) is 0 Å². The lowest BCUT2D eigenvalue weighted by atomic mass is 10.4.